The first kappa shape index (κ1) is 15.6. The Kier molecular flexibility index (Phi) is 5.38. The molecular formula is C15H23N3O3. The molecule has 21 heavy (non-hydrogen) atoms. The maximum Gasteiger partial charge on any atom is 0.333 e. The third-order valence-electron chi connectivity index (χ3n) is 3.71. The van der Waals surface area contributed by atoms with E-state index in [9.17, 15) is 10.1 Å². The van der Waals surface area contributed by atoms with Gasteiger partial charge in [-0.2, -0.15) is 0 Å². The number of nitrogens with zero attached hydrogens (tertiary/aromatic N) is 2. The fourth-order valence-corrected chi connectivity index (χ4v) is 2.63. The molecule has 1 aliphatic rings. The van der Waals surface area contributed by atoms with Crippen molar-refractivity contribution in [3.05, 3.63) is 28.3 Å². The van der Waals surface area contributed by atoms with E-state index in [0.717, 1.165) is 32.5 Å². The van der Waals surface area contributed by atoms with E-state index in [-0.39, 0.29) is 10.6 Å². The number of hydrogen-bond acceptors (Lipinski definition) is 5. The van der Waals surface area contributed by atoms with Crippen LogP contribution in [0, 0.1) is 16.0 Å². The molecule has 1 heterocycles. The quantitative estimate of drug-likeness (QED) is 0.618. The Morgan fingerprint density at radius 3 is 2.95 bits per heavy atom. The molecule has 0 spiro atoms. The predicted octanol–water partition coefficient (Wildman–Crippen LogP) is 2.75. The fourth-order valence-electron chi connectivity index (χ4n) is 2.63. The van der Waals surface area contributed by atoms with Crippen molar-refractivity contribution in [2.45, 2.75) is 19.8 Å². The van der Waals surface area contributed by atoms with E-state index in [1.807, 2.05) is 6.92 Å². The third-order valence-corrected chi connectivity index (χ3v) is 3.71. The minimum Gasteiger partial charge on any atom is -0.487 e. The van der Waals surface area contributed by atoms with Gasteiger partial charge in [-0.3, -0.25) is 10.1 Å². The number of hydrogen-bond donors (Lipinski definition) is 1. The van der Waals surface area contributed by atoms with Crippen LogP contribution in [0.3, 0.4) is 0 Å². The minimum absolute atomic E-state index is 0.0392. The summed E-state index contributed by atoms with van der Waals surface area (Å²) >= 11 is 0. The smallest absolute Gasteiger partial charge is 0.333 e. The number of nitrogens with one attached hydrogen (secondary N) is 1. The van der Waals surface area contributed by atoms with Crippen LogP contribution in [0.25, 0.3) is 0 Å². The van der Waals surface area contributed by atoms with Crippen LogP contribution in [0.5, 0.6) is 5.75 Å². The zero-order valence-electron chi connectivity index (χ0n) is 12.7. The van der Waals surface area contributed by atoms with E-state index in [1.165, 1.54) is 0 Å². The minimum atomic E-state index is -0.367. The van der Waals surface area contributed by atoms with Crippen LogP contribution in [0.15, 0.2) is 18.2 Å². The van der Waals surface area contributed by atoms with Crippen LogP contribution in [0.1, 0.15) is 19.8 Å². The van der Waals surface area contributed by atoms with Gasteiger partial charge in [0.2, 0.25) is 0 Å². The molecule has 0 aromatic heterocycles. The van der Waals surface area contributed by atoms with Gasteiger partial charge in [0.1, 0.15) is 5.69 Å². The van der Waals surface area contributed by atoms with E-state index in [0.29, 0.717) is 24.0 Å². The van der Waals surface area contributed by atoms with Crippen LogP contribution in [-0.2, 0) is 0 Å². The molecule has 1 aliphatic heterocycles. The Morgan fingerprint density at radius 1 is 1.52 bits per heavy atom. The number of para-hydroxylation sites is 1. The molecule has 6 nitrogen and oxygen atoms in total. The Morgan fingerprint density at radius 2 is 2.33 bits per heavy atom. The van der Waals surface area contributed by atoms with Crippen molar-refractivity contribution in [2.24, 2.45) is 5.92 Å². The molecule has 6 heteroatoms. The van der Waals surface area contributed by atoms with E-state index >= 15 is 0 Å². The largest absolute Gasteiger partial charge is 0.487 e. The first-order valence-electron chi connectivity index (χ1n) is 7.44. The highest BCUT2D eigenvalue weighted by Gasteiger charge is 2.23. The molecule has 0 aliphatic carbocycles. The normalized spacial score (nSPS) is 18.7. The SMILES string of the molecule is CCCOc1cccc(NCC2CCN(C)C2)c1[N+](=O)[O-]. The summed E-state index contributed by atoms with van der Waals surface area (Å²) in [6.07, 6.45) is 1.95. The van der Waals surface area contributed by atoms with E-state index in [4.69, 9.17) is 4.74 Å². The van der Waals surface area contributed by atoms with E-state index < -0.39 is 0 Å². The van der Waals surface area contributed by atoms with Crippen LogP contribution < -0.4 is 10.1 Å². The zero-order chi connectivity index (χ0) is 15.2. The second kappa shape index (κ2) is 7.26. The number of nitro groups is 1. The first-order chi connectivity index (χ1) is 10.1. The van der Waals surface area contributed by atoms with Gasteiger partial charge in [0.05, 0.1) is 11.5 Å². The van der Waals surface area contributed by atoms with Crippen molar-refractivity contribution >= 4 is 11.4 Å². The molecular weight excluding hydrogens is 270 g/mol. The number of rotatable bonds is 7. The lowest BCUT2D eigenvalue weighted by Gasteiger charge is -2.14. The highest BCUT2D eigenvalue weighted by Crippen LogP contribution is 2.35. The highest BCUT2D eigenvalue weighted by molar-refractivity contribution is 5.68. The van der Waals surface area contributed by atoms with Gasteiger partial charge in [0, 0.05) is 13.1 Å². The summed E-state index contributed by atoms with van der Waals surface area (Å²) in [7, 11) is 2.10. The van der Waals surface area contributed by atoms with Crippen molar-refractivity contribution in [1.29, 1.82) is 0 Å². The Balaban J connectivity index is 2.08. The van der Waals surface area contributed by atoms with Gasteiger partial charge in [-0.1, -0.05) is 13.0 Å². The number of ether oxygens (including phenoxy) is 1. The van der Waals surface area contributed by atoms with E-state index in [2.05, 4.69) is 17.3 Å². The van der Waals surface area contributed by atoms with Crippen LogP contribution >= 0.6 is 0 Å². The average Bonchev–Trinajstić information content (AvgIpc) is 2.88. The monoisotopic (exact) mass is 293 g/mol. The van der Waals surface area contributed by atoms with Gasteiger partial charge in [0.15, 0.2) is 5.75 Å². The third kappa shape index (κ3) is 4.07. The highest BCUT2D eigenvalue weighted by atomic mass is 16.6. The summed E-state index contributed by atoms with van der Waals surface area (Å²) < 4.78 is 5.49. The lowest BCUT2D eigenvalue weighted by Crippen LogP contribution is -2.19. The van der Waals surface area contributed by atoms with Crippen molar-refractivity contribution < 1.29 is 9.66 Å². The molecule has 1 aromatic rings. The van der Waals surface area contributed by atoms with Crippen molar-refractivity contribution in [1.82, 2.24) is 4.90 Å². The Bertz CT molecular complexity index is 493. The fraction of sp³-hybridized carbons (Fsp3) is 0.600. The lowest BCUT2D eigenvalue weighted by molar-refractivity contribution is -0.385. The second-order valence-corrected chi connectivity index (χ2v) is 5.56. The van der Waals surface area contributed by atoms with Crippen molar-refractivity contribution in [3.8, 4) is 5.75 Å². The van der Waals surface area contributed by atoms with Crippen molar-refractivity contribution in [3.63, 3.8) is 0 Å². The first-order valence-corrected chi connectivity index (χ1v) is 7.44. The second-order valence-electron chi connectivity index (χ2n) is 5.56. The van der Waals surface area contributed by atoms with E-state index in [1.54, 1.807) is 18.2 Å². The Hall–Kier alpha value is -1.82. The number of nitro benzene ring substituents is 1. The summed E-state index contributed by atoms with van der Waals surface area (Å²) in [4.78, 5) is 13.2. The molecule has 1 saturated heterocycles. The maximum atomic E-state index is 11.3. The Labute approximate surface area is 125 Å². The summed E-state index contributed by atoms with van der Waals surface area (Å²) in [5, 5.41) is 14.6. The lowest BCUT2D eigenvalue weighted by atomic mass is 10.1. The van der Waals surface area contributed by atoms with Gasteiger partial charge in [-0.25, -0.2) is 0 Å². The molecule has 1 atom stereocenters. The number of benzene rings is 1. The zero-order valence-corrected chi connectivity index (χ0v) is 12.7. The summed E-state index contributed by atoms with van der Waals surface area (Å²) in [6.45, 7) is 5.34. The summed E-state index contributed by atoms with van der Waals surface area (Å²) in [6, 6.07) is 5.19. The number of likely N-dealkylation sites (tertiary alicyclic amines) is 1. The van der Waals surface area contributed by atoms with Gasteiger partial charge in [-0.15, -0.1) is 0 Å². The average molecular weight is 293 g/mol. The van der Waals surface area contributed by atoms with Crippen LogP contribution in [0.4, 0.5) is 11.4 Å². The molecule has 2 rings (SSSR count). The molecule has 1 fully saturated rings. The topological polar surface area (TPSA) is 67.6 Å². The number of anilines is 1. The summed E-state index contributed by atoms with van der Waals surface area (Å²) in [5.74, 6) is 0.880. The standard InChI is InChI=1S/C15H23N3O3/c1-3-9-21-14-6-4-5-13(15(14)18(19)20)16-10-12-7-8-17(2)11-12/h4-6,12,16H,3,7-11H2,1-2H3. The maximum absolute atomic E-state index is 11.3. The van der Waals surface area contributed by atoms with Gasteiger partial charge < -0.3 is 15.0 Å². The van der Waals surface area contributed by atoms with Crippen LogP contribution in [-0.4, -0.2) is 43.1 Å². The molecule has 116 valence electrons. The molecule has 1 unspecified atom stereocenters. The molecule has 0 bridgehead atoms. The summed E-state index contributed by atoms with van der Waals surface area (Å²) in [5.41, 5.74) is 0.584. The molecule has 1 aromatic carbocycles. The van der Waals surface area contributed by atoms with Crippen LogP contribution in [0.2, 0.25) is 0 Å². The van der Waals surface area contributed by atoms with Gasteiger partial charge >= 0.3 is 5.69 Å². The molecule has 0 saturated carbocycles. The predicted molar refractivity (Wildman–Crippen MR) is 83.0 cm³/mol. The molecule has 1 N–H and O–H groups in total. The molecule has 0 radical (unpaired) electrons. The van der Waals surface area contributed by atoms with Gasteiger partial charge in [0.25, 0.3) is 0 Å². The van der Waals surface area contributed by atoms with Crippen molar-refractivity contribution in [2.75, 3.05) is 38.6 Å². The molecule has 0 amide bonds. The van der Waals surface area contributed by atoms with Gasteiger partial charge in [-0.05, 0) is 44.5 Å².